The third-order valence-corrected chi connectivity index (χ3v) is 4.67. The molecule has 0 saturated heterocycles. The zero-order chi connectivity index (χ0) is 19.8. The molecule has 1 aromatic carbocycles. The van der Waals surface area contributed by atoms with E-state index in [0.717, 1.165) is 5.69 Å². The number of ether oxygens (including phenoxy) is 1. The standard InChI is InChI=1S/C19H23F3N2O2/c1-10(2)11(3)24-12(4)16(17(13(24)5)18(23)25)14-7-6-8-15(9-14)26-19(20,21)22/h6-11H,1-5H3,(H2,23,25). The van der Waals surface area contributed by atoms with E-state index >= 15 is 0 Å². The van der Waals surface area contributed by atoms with Crippen LogP contribution >= 0.6 is 0 Å². The number of carbonyl (C=O) groups is 1. The summed E-state index contributed by atoms with van der Waals surface area (Å²) in [5.41, 5.74) is 8.38. The molecule has 1 unspecified atom stereocenters. The van der Waals surface area contributed by atoms with Gasteiger partial charge in [0.15, 0.2) is 0 Å². The number of nitrogens with two attached hydrogens (primary N) is 1. The predicted octanol–water partition coefficient (Wildman–Crippen LogP) is 4.99. The maximum absolute atomic E-state index is 12.5. The van der Waals surface area contributed by atoms with Crippen LogP contribution in [0.1, 0.15) is 48.6 Å². The molecule has 2 N–H and O–H groups in total. The van der Waals surface area contributed by atoms with E-state index in [9.17, 15) is 18.0 Å². The van der Waals surface area contributed by atoms with Crippen LogP contribution in [0.5, 0.6) is 5.75 Å². The molecule has 7 heteroatoms. The number of primary amides is 1. The van der Waals surface area contributed by atoms with E-state index in [1.54, 1.807) is 13.0 Å². The number of aromatic nitrogens is 1. The van der Waals surface area contributed by atoms with Gasteiger partial charge in [0.05, 0.1) is 5.56 Å². The number of carbonyl (C=O) groups excluding carboxylic acids is 1. The lowest BCUT2D eigenvalue weighted by atomic mass is 10.00. The summed E-state index contributed by atoms with van der Waals surface area (Å²) in [6.07, 6.45) is -4.78. The molecule has 26 heavy (non-hydrogen) atoms. The molecule has 0 spiro atoms. The normalized spacial score (nSPS) is 13.1. The minimum Gasteiger partial charge on any atom is -0.406 e. The van der Waals surface area contributed by atoms with Crippen LogP contribution in [0.3, 0.4) is 0 Å². The van der Waals surface area contributed by atoms with Gasteiger partial charge in [0.1, 0.15) is 5.75 Å². The van der Waals surface area contributed by atoms with Crippen molar-refractivity contribution in [1.82, 2.24) is 4.57 Å². The fraction of sp³-hybridized carbons (Fsp3) is 0.421. The van der Waals surface area contributed by atoms with Crippen LogP contribution in [-0.2, 0) is 0 Å². The molecule has 2 aromatic rings. The van der Waals surface area contributed by atoms with Crippen molar-refractivity contribution in [2.45, 2.75) is 47.0 Å². The third kappa shape index (κ3) is 3.86. The number of alkyl halides is 3. The largest absolute Gasteiger partial charge is 0.573 e. The molecule has 142 valence electrons. The highest BCUT2D eigenvalue weighted by Crippen LogP contribution is 2.37. The van der Waals surface area contributed by atoms with E-state index in [4.69, 9.17) is 5.73 Å². The van der Waals surface area contributed by atoms with E-state index in [0.29, 0.717) is 28.3 Å². The number of amides is 1. The Morgan fingerprint density at radius 2 is 1.77 bits per heavy atom. The molecule has 0 aliphatic heterocycles. The first-order valence-electron chi connectivity index (χ1n) is 8.31. The number of benzene rings is 1. The summed E-state index contributed by atoms with van der Waals surface area (Å²) in [7, 11) is 0. The van der Waals surface area contributed by atoms with Crippen molar-refractivity contribution in [3.63, 3.8) is 0 Å². The van der Waals surface area contributed by atoms with Gasteiger partial charge in [-0.15, -0.1) is 13.2 Å². The number of hydrogen-bond donors (Lipinski definition) is 1. The Morgan fingerprint density at radius 1 is 1.15 bits per heavy atom. The van der Waals surface area contributed by atoms with Gasteiger partial charge in [-0.2, -0.15) is 0 Å². The SMILES string of the molecule is Cc1c(C(N)=O)c(-c2cccc(OC(F)(F)F)c2)c(C)n1C(C)C(C)C. The molecule has 0 aliphatic rings. The zero-order valence-corrected chi connectivity index (χ0v) is 15.4. The highest BCUT2D eigenvalue weighted by molar-refractivity contribution is 6.02. The molecule has 0 bridgehead atoms. The fourth-order valence-electron chi connectivity index (χ4n) is 3.27. The van der Waals surface area contributed by atoms with Gasteiger partial charge >= 0.3 is 6.36 Å². The first-order chi connectivity index (χ1) is 11.9. The van der Waals surface area contributed by atoms with Gasteiger partial charge in [-0.3, -0.25) is 4.79 Å². The molecule has 1 amide bonds. The van der Waals surface area contributed by atoms with E-state index in [1.807, 2.05) is 18.4 Å². The summed E-state index contributed by atoms with van der Waals surface area (Å²) >= 11 is 0. The summed E-state index contributed by atoms with van der Waals surface area (Å²) in [5, 5.41) is 0. The van der Waals surface area contributed by atoms with E-state index in [2.05, 4.69) is 18.6 Å². The molecule has 1 aromatic heterocycles. The molecule has 0 radical (unpaired) electrons. The van der Waals surface area contributed by atoms with Crippen molar-refractivity contribution in [3.8, 4) is 16.9 Å². The molecule has 0 aliphatic carbocycles. The molecule has 1 atom stereocenters. The van der Waals surface area contributed by atoms with Gasteiger partial charge in [0, 0.05) is 23.0 Å². The Bertz CT molecular complexity index is 823. The van der Waals surface area contributed by atoms with Crippen molar-refractivity contribution in [2.24, 2.45) is 11.7 Å². The van der Waals surface area contributed by atoms with Gasteiger partial charge in [-0.05, 0) is 44.4 Å². The second kappa shape index (κ2) is 7.05. The van der Waals surface area contributed by atoms with Crippen molar-refractivity contribution in [1.29, 1.82) is 0 Å². The van der Waals surface area contributed by atoms with Gasteiger partial charge in [-0.1, -0.05) is 26.0 Å². The summed E-state index contributed by atoms with van der Waals surface area (Å²) < 4.78 is 43.6. The quantitative estimate of drug-likeness (QED) is 0.809. The van der Waals surface area contributed by atoms with Crippen molar-refractivity contribution in [3.05, 3.63) is 41.2 Å². The monoisotopic (exact) mass is 368 g/mol. The lowest BCUT2D eigenvalue weighted by Gasteiger charge is -2.22. The summed E-state index contributed by atoms with van der Waals surface area (Å²) in [6, 6.07) is 5.68. The first-order valence-corrected chi connectivity index (χ1v) is 8.31. The number of nitrogens with zero attached hydrogens (tertiary/aromatic N) is 1. The Kier molecular flexibility index (Phi) is 5.39. The van der Waals surface area contributed by atoms with Gasteiger partial charge in [0.25, 0.3) is 5.91 Å². The van der Waals surface area contributed by atoms with Crippen molar-refractivity contribution in [2.75, 3.05) is 0 Å². The topological polar surface area (TPSA) is 57.3 Å². The number of hydrogen-bond acceptors (Lipinski definition) is 2. The average molecular weight is 368 g/mol. The van der Waals surface area contributed by atoms with Gasteiger partial charge in [0.2, 0.25) is 0 Å². The zero-order valence-electron chi connectivity index (χ0n) is 15.4. The van der Waals surface area contributed by atoms with Crippen LogP contribution in [0.4, 0.5) is 13.2 Å². The highest BCUT2D eigenvalue weighted by atomic mass is 19.4. The summed E-state index contributed by atoms with van der Waals surface area (Å²) in [5.74, 6) is -0.655. The van der Waals surface area contributed by atoms with Crippen LogP contribution in [-0.4, -0.2) is 16.8 Å². The van der Waals surface area contributed by atoms with Crippen LogP contribution in [0.25, 0.3) is 11.1 Å². The number of rotatable bonds is 5. The minimum atomic E-state index is -4.78. The Balaban J connectivity index is 2.68. The van der Waals surface area contributed by atoms with Gasteiger partial charge < -0.3 is 15.0 Å². The van der Waals surface area contributed by atoms with Crippen LogP contribution < -0.4 is 10.5 Å². The number of halogens is 3. The molecular weight excluding hydrogens is 345 g/mol. The van der Waals surface area contributed by atoms with Gasteiger partial charge in [-0.25, -0.2) is 0 Å². The van der Waals surface area contributed by atoms with Crippen LogP contribution in [0, 0.1) is 19.8 Å². The molecule has 4 nitrogen and oxygen atoms in total. The lowest BCUT2D eigenvalue weighted by Crippen LogP contribution is -2.17. The smallest absolute Gasteiger partial charge is 0.406 e. The van der Waals surface area contributed by atoms with Crippen molar-refractivity contribution >= 4 is 5.91 Å². The van der Waals surface area contributed by atoms with E-state index in [1.165, 1.54) is 18.2 Å². The van der Waals surface area contributed by atoms with Crippen LogP contribution in [0.2, 0.25) is 0 Å². The van der Waals surface area contributed by atoms with Crippen LogP contribution in [0.15, 0.2) is 24.3 Å². The second-order valence-corrected chi connectivity index (χ2v) is 6.72. The maximum atomic E-state index is 12.5. The van der Waals surface area contributed by atoms with Crippen molar-refractivity contribution < 1.29 is 22.7 Å². The Hall–Kier alpha value is -2.44. The summed E-state index contributed by atoms with van der Waals surface area (Å²) in [4.78, 5) is 12.1. The predicted molar refractivity (Wildman–Crippen MR) is 94.1 cm³/mol. The Labute approximate surface area is 150 Å². The molecule has 0 fully saturated rings. The third-order valence-electron chi connectivity index (χ3n) is 4.67. The molecule has 0 saturated carbocycles. The minimum absolute atomic E-state index is 0.0939. The lowest BCUT2D eigenvalue weighted by molar-refractivity contribution is -0.274. The average Bonchev–Trinajstić information content (AvgIpc) is 2.76. The molecule has 2 rings (SSSR count). The molecular formula is C19H23F3N2O2. The maximum Gasteiger partial charge on any atom is 0.573 e. The highest BCUT2D eigenvalue weighted by Gasteiger charge is 2.31. The second-order valence-electron chi connectivity index (χ2n) is 6.72. The van der Waals surface area contributed by atoms with E-state index < -0.39 is 12.3 Å². The fourth-order valence-corrected chi connectivity index (χ4v) is 3.27. The Morgan fingerprint density at radius 3 is 2.27 bits per heavy atom. The summed E-state index contributed by atoms with van der Waals surface area (Å²) in [6.45, 7) is 9.79. The van der Waals surface area contributed by atoms with E-state index in [-0.39, 0.29) is 11.8 Å². The first kappa shape index (κ1) is 19.9. The molecule has 1 heterocycles.